The fourth-order valence-electron chi connectivity index (χ4n) is 3.69. The van der Waals surface area contributed by atoms with Gasteiger partial charge in [-0.25, -0.2) is 4.98 Å². The van der Waals surface area contributed by atoms with Crippen molar-refractivity contribution in [2.75, 3.05) is 31.2 Å². The molecule has 1 aromatic carbocycles. The number of nitrogens with zero attached hydrogens (tertiary/aromatic N) is 3. The Labute approximate surface area is 184 Å². The van der Waals surface area contributed by atoms with E-state index in [9.17, 15) is 18.0 Å². The van der Waals surface area contributed by atoms with E-state index in [2.05, 4.69) is 9.88 Å². The van der Waals surface area contributed by atoms with Gasteiger partial charge in [0.15, 0.2) is 0 Å². The number of ether oxygens (including phenoxy) is 1. The van der Waals surface area contributed by atoms with Gasteiger partial charge in [-0.05, 0) is 52.8 Å². The number of pyridine rings is 2. The van der Waals surface area contributed by atoms with E-state index >= 15 is 0 Å². The lowest BCUT2D eigenvalue weighted by molar-refractivity contribution is -0.138. The minimum Gasteiger partial charge on any atom is -0.378 e. The fraction of sp³-hybridized carbons (Fsp3) is 0.333. The molecule has 1 saturated heterocycles. The highest BCUT2D eigenvalue weighted by atomic mass is 127. The molecule has 4 rings (SSSR count). The molecule has 0 amide bonds. The minimum absolute atomic E-state index is 0.184. The smallest absolute Gasteiger partial charge is 0.378 e. The Morgan fingerprint density at radius 1 is 1.23 bits per heavy atom. The summed E-state index contributed by atoms with van der Waals surface area (Å²) in [6.07, 6.45) is -1.06. The molecule has 9 heteroatoms. The normalized spacial score (nSPS) is 15.0. The third-order valence-electron chi connectivity index (χ3n) is 5.33. The van der Waals surface area contributed by atoms with Crippen molar-refractivity contribution in [3.05, 3.63) is 67.1 Å². The molecular formula is C21H19F3IN3O2. The summed E-state index contributed by atoms with van der Waals surface area (Å²) >= 11 is 1.94. The van der Waals surface area contributed by atoms with Gasteiger partial charge in [-0.1, -0.05) is 12.1 Å². The molecule has 5 nitrogen and oxygen atoms in total. The molecule has 0 saturated carbocycles. The van der Waals surface area contributed by atoms with Crippen molar-refractivity contribution in [2.24, 2.45) is 0 Å². The summed E-state index contributed by atoms with van der Waals surface area (Å²) in [4.78, 5) is 19.1. The van der Waals surface area contributed by atoms with Gasteiger partial charge in [0.25, 0.3) is 0 Å². The number of halogens is 4. The zero-order valence-electron chi connectivity index (χ0n) is 16.2. The van der Waals surface area contributed by atoms with Crippen LogP contribution in [0.3, 0.4) is 0 Å². The van der Waals surface area contributed by atoms with Gasteiger partial charge in [-0.2, -0.15) is 13.2 Å². The van der Waals surface area contributed by atoms with Crippen LogP contribution in [-0.4, -0.2) is 35.9 Å². The molecule has 0 atom stereocenters. The molecule has 0 aliphatic carbocycles. The van der Waals surface area contributed by atoms with E-state index in [-0.39, 0.29) is 17.5 Å². The first-order chi connectivity index (χ1) is 14.3. The highest BCUT2D eigenvalue weighted by Gasteiger charge is 2.32. The Balaban J connectivity index is 1.82. The molecule has 0 unspecified atom stereocenters. The van der Waals surface area contributed by atoms with Crippen LogP contribution in [0.2, 0.25) is 0 Å². The lowest BCUT2D eigenvalue weighted by Crippen LogP contribution is -2.36. The van der Waals surface area contributed by atoms with Crippen molar-refractivity contribution in [3.63, 3.8) is 0 Å². The van der Waals surface area contributed by atoms with Crippen molar-refractivity contribution >= 4 is 39.3 Å². The number of alkyl halides is 3. The van der Waals surface area contributed by atoms with Gasteiger partial charge in [-0.15, -0.1) is 0 Å². The van der Waals surface area contributed by atoms with Gasteiger partial charge >= 0.3 is 6.18 Å². The van der Waals surface area contributed by atoms with Crippen LogP contribution in [-0.2, 0) is 17.5 Å². The second-order valence-electron chi connectivity index (χ2n) is 7.18. The fourth-order valence-corrected chi connectivity index (χ4v) is 4.28. The number of anilines is 1. The number of hydrogen-bond donors (Lipinski definition) is 0. The molecule has 3 aromatic rings. The maximum absolute atomic E-state index is 13.3. The summed E-state index contributed by atoms with van der Waals surface area (Å²) in [6.45, 7) is 4.34. The monoisotopic (exact) mass is 529 g/mol. The third kappa shape index (κ3) is 4.04. The lowest BCUT2D eigenvalue weighted by atomic mass is 10.0. The molecular weight excluding hydrogens is 510 g/mol. The van der Waals surface area contributed by atoms with Crippen LogP contribution in [0, 0.1) is 10.5 Å². The second kappa shape index (κ2) is 8.18. The summed E-state index contributed by atoms with van der Waals surface area (Å²) in [5.41, 5.74) is 1.67. The van der Waals surface area contributed by atoms with Crippen molar-refractivity contribution in [3.8, 4) is 0 Å². The number of aromatic nitrogens is 2. The first-order valence-electron chi connectivity index (χ1n) is 9.43. The number of rotatable bonds is 3. The topological polar surface area (TPSA) is 47.4 Å². The average Bonchev–Trinajstić information content (AvgIpc) is 2.72. The summed E-state index contributed by atoms with van der Waals surface area (Å²) in [7, 11) is 0. The predicted molar refractivity (Wildman–Crippen MR) is 117 cm³/mol. The standard InChI is InChI=1S/C21H19F3IN3O2/c1-13-14(3-2-4-16(13)21(22,23)24)11-28-12-17(25)20(29)19-18(28)9-15(10-26-19)27-5-7-30-8-6-27/h2-4,9-10,12H,5-8,11H2,1H3. The van der Waals surface area contributed by atoms with E-state index in [0.29, 0.717) is 46.5 Å². The van der Waals surface area contributed by atoms with Crippen LogP contribution in [0.1, 0.15) is 16.7 Å². The van der Waals surface area contributed by atoms with Crippen molar-refractivity contribution in [2.45, 2.75) is 19.6 Å². The molecule has 1 aliphatic rings. The van der Waals surface area contributed by atoms with E-state index in [1.165, 1.54) is 13.0 Å². The summed E-state index contributed by atoms with van der Waals surface area (Å²) < 4.78 is 47.6. The Bertz CT molecular complexity index is 1150. The van der Waals surface area contributed by atoms with Gasteiger partial charge in [0, 0.05) is 25.8 Å². The average molecular weight is 529 g/mol. The van der Waals surface area contributed by atoms with Crippen LogP contribution in [0.15, 0.2) is 41.5 Å². The first-order valence-corrected chi connectivity index (χ1v) is 10.5. The Morgan fingerprint density at radius 3 is 2.67 bits per heavy atom. The van der Waals surface area contributed by atoms with Crippen LogP contribution < -0.4 is 10.3 Å². The predicted octanol–water partition coefficient (Wildman–Crippen LogP) is 4.21. The molecule has 0 bridgehead atoms. The highest BCUT2D eigenvalue weighted by Crippen LogP contribution is 2.33. The van der Waals surface area contributed by atoms with E-state index in [1.54, 1.807) is 23.0 Å². The van der Waals surface area contributed by atoms with E-state index in [0.717, 1.165) is 11.8 Å². The first kappa shape index (κ1) is 21.1. The van der Waals surface area contributed by atoms with E-state index in [1.807, 2.05) is 28.7 Å². The second-order valence-corrected chi connectivity index (χ2v) is 8.34. The molecule has 158 valence electrons. The lowest BCUT2D eigenvalue weighted by Gasteiger charge is -2.28. The molecule has 0 radical (unpaired) electrons. The maximum Gasteiger partial charge on any atom is 0.416 e. The Hall–Kier alpha value is -2.14. The van der Waals surface area contributed by atoms with E-state index in [4.69, 9.17) is 4.74 Å². The van der Waals surface area contributed by atoms with Gasteiger partial charge in [-0.3, -0.25) is 4.79 Å². The molecule has 3 heterocycles. The molecule has 1 aliphatic heterocycles. The molecule has 0 N–H and O–H groups in total. The van der Waals surface area contributed by atoms with Gasteiger partial charge in [0.05, 0.1) is 39.7 Å². The van der Waals surface area contributed by atoms with Crippen LogP contribution in [0.4, 0.5) is 18.9 Å². The minimum atomic E-state index is -4.41. The zero-order valence-corrected chi connectivity index (χ0v) is 18.3. The SMILES string of the molecule is Cc1c(Cn2cc(I)c(=O)c3ncc(N4CCOCC4)cc32)cccc1C(F)(F)F. The van der Waals surface area contributed by atoms with Gasteiger partial charge in [0.2, 0.25) is 5.43 Å². The Morgan fingerprint density at radius 2 is 1.97 bits per heavy atom. The molecule has 30 heavy (non-hydrogen) atoms. The van der Waals surface area contributed by atoms with Crippen molar-refractivity contribution in [1.82, 2.24) is 9.55 Å². The third-order valence-corrected chi connectivity index (χ3v) is 6.10. The number of hydrogen-bond acceptors (Lipinski definition) is 4. The maximum atomic E-state index is 13.3. The number of morpholine rings is 1. The van der Waals surface area contributed by atoms with Gasteiger partial charge < -0.3 is 14.2 Å². The molecule has 1 fully saturated rings. The quantitative estimate of drug-likeness (QED) is 0.478. The van der Waals surface area contributed by atoms with E-state index < -0.39 is 11.7 Å². The number of fused-ring (bicyclic) bond motifs is 1. The van der Waals surface area contributed by atoms with Gasteiger partial charge in [0.1, 0.15) is 5.52 Å². The molecule has 0 spiro atoms. The zero-order chi connectivity index (χ0) is 21.5. The van der Waals surface area contributed by atoms with Crippen molar-refractivity contribution < 1.29 is 17.9 Å². The van der Waals surface area contributed by atoms with Crippen LogP contribution in [0.25, 0.3) is 11.0 Å². The highest BCUT2D eigenvalue weighted by molar-refractivity contribution is 14.1. The number of benzene rings is 1. The summed E-state index contributed by atoms with van der Waals surface area (Å²) in [6, 6.07) is 6.07. The Kier molecular flexibility index (Phi) is 5.75. The van der Waals surface area contributed by atoms with Crippen LogP contribution >= 0.6 is 22.6 Å². The van der Waals surface area contributed by atoms with Crippen molar-refractivity contribution in [1.29, 1.82) is 0 Å². The largest absolute Gasteiger partial charge is 0.416 e. The summed E-state index contributed by atoms with van der Waals surface area (Å²) in [5, 5.41) is 0. The molecule has 2 aromatic heterocycles. The van der Waals surface area contributed by atoms with Crippen LogP contribution in [0.5, 0.6) is 0 Å². The summed E-state index contributed by atoms with van der Waals surface area (Å²) in [5.74, 6) is 0.